The van der Waals surface area contributed by atoms with Crippen molar-refractivity contribution in [3.8, 4) is 34.5 Å². The van der Waals surface area contributed by atoms with Gasteiger partial charge < -0.3 is 114 Å². The summed E-state index contributed by atoms with van der Waals surface area (Å²) in [5.74, 6) is 3.11. The van der Waals surface area contributed by atoms with Crippen LogP contribution in [-0.2, 0) is 85.3 Å². The second kappa shape index (κ2) is 100. The second-order valence-electron chi connectivity index (χ2n) is 36.5. The van der Waals surface area contributed by atoms with Gasteiger partial charge in [-0.1, -0.05) is 311 Å². The summed E-state index contributed by atoms with van der Waals surface area (Å²) in [6.07, 6.45) is 60.8. The Morgan fingerprint density at radius 3 is 0.297 bits per heavy atom. The predicted octanol–water partition coefficient (Wildman–Crippen LogP) is 26.6. The molecule has 0 saturated heterocycles. The maximum atomic E-state index is 6.80. The summed E-state index contributed by atoms with van der Waals surface area (Å²) in [4.78, 5) is 0. The minimum Gasteiger partial charge on any atom is -0.487 e. The molecule has 0 spiro atoms. The van der Waals surface area contributed by atoms with E-state index in [0.29, 0.717) is 233 Å². The van der Waals surface area contributed by atoms with E-state index in [1.807, 2.05) is 0 Å². The minimum absolute atomic E-state index is 0.226. The van der Waals surface area contributed by atoms with Crippen molar-refractivity contribution in [3.05, 3.63) is 36.4 Å². The Labute approximate surface area is 839 Å². The fourth-order valence-electron chi connectivity index (χ4n) is 16.2. The standard InChI is InChI=1S/C114H204O24/c1-7-13-19-25-31-37-43-49-55-115-61-67-121-73-79-127-85-91-133-109-97-103-104(98-110(109)134-92-86-128-80-74-122-68-62-116-56-50-44-38-32-26-20-14-8-2)106-100-112(136-94-88-130-82-76-124-70-64-118-58-52-46-40-34-28-22-16-10-4)114(138-96-90-132-84-78-126-72-66-120-60-54-48-42-36-30-24-18-12-6)102-108(106)107-101-113(137-95-89-131-83-77-125-71-65-119-59-53-47-41-35-29-23-17-11-5)111(99-105(103)107)135-93-87-129-81-75-123-69-63-117-57-51-45-39-33-27-21-15-9-3/h97-102H,7-96H2,1-6H3. The molecular formula is C114H204O24. The minimum atomic E-state index is 0.226. The Morgan fingerprint density at radius 1 is 0.101 bits per heavy atom. The molecule has 0 aliphatic rings. The molecule has 0 fully saturated rings. The number of hydrogen-bond donors (Lipinski definition) is 0. The summed E-state index contributed by atoms with van der Waals surface area (Å²) in [5.41, 5.74) is 0. The zero-order chi connectivity index (χ0) is 97.8. The van der Waals surface area contributed by atoms with E-state index in [0.717, 1.165) is 110 Å². The van der Waals surface area contributed by atoms with E-state index in [2.05, 4.69) is 77.9 Å². The highest BCUT2D eigenvalue weighted by molar-refractivity contribution is 6.27. The summed E-state index contributed by atoms with van der Waals surface area (Å²) < 4.78 is 149. The Kier molecular flexibility index (Phi) is 91.4. The lowest BCUT2D eigenvalue weighted by Crippen LogP contribution is -2.14. The van der Waals surface area contributed by atoms with Crippen LogP contribution in [0.5, 0.6) is 34.5 Å². The third kappa shape index (κ3) is 72.9. The number of benzene rings is 4. The quantitative estimate of drug-likeness (QED) is 0.0296. The lowest BCUT2D eigenvalue weighted by molar-refractivity contribution is 0.00729. The fourth-order valence-corrected chi connectivity index (χ4v) is 16.2. The van der Waals surface area contributed by atoms with E-state index in [9.17, 15) is 0 Å². The van der Waals surface area contributed by atoms with Crippen LogP contribution in [0.25, 0.3) is 32.3 Å². The highest BCUT2D eigenvalue weighted by atomic mass is 16.6. The molecule has 0 N–H and O–H groups in total. The first-order valence-corrected chi connectivity index (χ1v) is 56.3. The van der Waals surface area contributed by atoms with Crippen molar-refractivity contribution in [2.24, 2.45) is 0 Å². The van der Waals surface area contributed by atoms with Crippen LogP contribution in [0.3, 0.4) is 0 Å². The van der Waals surface area contributed by atoms with E-state index in [1.165, 1.54) is 270 Å². The van der Waals surface area contributed by atoms with Crippen LogP contribution in [-0.4, -0.2) is 277 Å². The van der Waals surface area contributed by atoms with Crippen LogP contribution in [0, 0.1) is 0 Å². The van der Waals surface area contributed by atoms with Crippen molar-refractivity contribution in [1.29, 1.82) is 0 Å². The van der Waals surface area contributed by atoms with Crippen molar-refractivity contribution < 1.29 is 114 Å². The molecule has 0 amide bonds. The predicted molar refractivity (Wildman–Crippen MR) is 562 cm³/mol. The Hall–Kier alpha value is -4.26. The fraction of sp³-hybridized carbons (Fsp3) is 0.842. The molecule has 0 aromatic heterocycles. The molecule has 4 aromatic carbocycles. The normalized spacial score (nSPS) is 11.8. The van der Waals surface area contributed by atoms with Crippen LogP contribution >= 0.6 is 0 Å². The number of fused-ring (bicyclic) bond motifs is 6. The lowest BCUT2D eigenvalue weighted by Gasteiger charge is -2.21. The van der Waals surface area contributed by atoms with Crippen molar-refractivity contribution in [1.82, 2.24) is 0 Å². The number of rotatable bonds is 114. The van der Waals surface area contributed by atoms with Crippen LogP contribution in [0.1, 0.15) is 350 Å². The van der Waals surface area contributed by atoms with E-state index >= 15 is 0 Å². The molecule has 138 heavy (non-hydrogen) atoms. The molecule has 804 valence electrons. The van der Waals surface area contributed by atoms with Gasteiger partial charge in [0.05, 0.1) is 198 Å². The molecule has 24 heteroatoms. The average molecular weight is 1960 g/mol. The lowest BCUT2D eigenvalue weighted by atomic mass is 9.93. The maximum absolute atomic E-state index is 6.80. The van der Waals surface area contributed by atoms with Crippen LogP contribution in [0.4, 0.5) is 0 Å². The van der Waals surface area contributed by atoms with Crippen molar-refractivity contribution in [2.75, 3.05) is 277 Å². The molecule has 24 nitrogen and oxygen atoms in total. The van der Waals surface area contributed by atoms with Crippen LogP contribution in [0.2, 0.25) is 0 Å². The topological polar surface area (TPSA) is 222 Å². The first-order chi connectivity index (χ1) is 68.6. The van der Waals surface area contributed by atoms with Gasteiger partial charge in [-0.25, -0.2) is 0 Å². The Bertz CT molecular complexity index is 2640. The van der Waals surface area contributed by atoms with Gasteiger partial charge in [0, 0.05) is 39.6 Å². The van der Waals surface area contributed by atoms with Gasteiger partial charge in [0.15, 0.2) is 34.5 Å². The highest BCUT2D eigenvalue weighted by Crippen LogP contribution is 2.47. The molecule has 0 radical (unpaired) electrons. The summed E-state index contributed by atoms with van der Waals surface area (Å²) in [7, 11) is 0. The number of hydrogen-bond acceptors (Lipinski definition) is 24. The molecule has 0 aliphatic heterocycles. The van der Waals surface area contributed by atoms with Gasteiger partial charge in [-0.2, -0.15) is 0 Å². The van der Waals surface area contributed by atoms with E-state index in [-0.39, 0.29) is 39.6 Å². The van der Waals surface area contributed by atoms with E-state index in [1.54, 1.807) is 0 Å². The maximum Gasteiger partial charge on any atom is 0.161 e. The van der Waals surface area contributed by atoms with Gasteiger partial charge in [0.1, 0.15) is 39.6 Å². The molecule has 4 aromatic rings. The smallest absolute Gasteiger partial charge is 0.161 e. The third-order valence-corrected chi connectivity index (χ3v) is 24.4. The van der Waals surface area contributed by atoms with Gasteiger partial charge in [-0.3, -0.25) is 0 Å². The number of ether oxygens (including phenoxy) is 24. The molecule has 0 heterocycles. The van der Waals surface area contributed by atoms with Gasteiger partial charge in [0.2, 0.25) is 0 Å². The SMILES string of the molecule is CCCCCCCCCCOCCOCCOCCOc1cc2c3cc(OCCOCCOCCOCCCCCCCCCC)c(OCCOCCOCCOCCCCCCCCCC)cc3c3cc(OCCOCCOCCOCCCCCCCCCC)c(OCCOCCOCCOCCCCCCCCCC)cc3c2cc1OCCOCCOCCOCCCCCCCCCC. The molecule has 0 unspecified atom stereocenters. The second-order valence-corrected chi connectivity index (χ2v) is 36.5. The van der Waals surface area contributed by atoms with Gasteiger partial charge in [-0.15, -0.1) is 0 Å². The Morgan fingerprint density at radius 2 is 0.188 bits per heavy atom. The van der Waals surface area contributed by atoms with Crippen LogP contribution in [0.15, 0.2) is 36.4 Å². The first-order valence-electron chi connectivity index (χ1n) is 56.3. The van der Waals surface area contributed by atoms with Gasteiger partial charge in [0.25, 0.3) is 0 Å². The van der Waals surface area contributed by atoms with Gasteiger partial charge >= 0.3 is 0 Å². The largest absolute Gasteiger partial charge is 0.487 e. The molecule has 4 rings (SSSR count). The van der Waals surface area contributed by atoms with Crippen molar-refractivity contribution >= 4 is 32.3 Å². The first kappa shape index (κ1) is 126. The van der Waals surface area contributed by atoms with Crippen molar-refractivity contribution in [2.45, 2.75) is 350 Å². The van der Waals surface area contributed by atoms with Gasteiger partial charge in [-0.05, 0) is 107 Å². The summed E-state index contributed by atoms with van der Waals surface area (Å²) in [5, 5.41) is 5.14. The Balaban J connectivity index is 1.69. The molecule has 0 saturated carbocycles. The number of unbranched alkanes of at least 4 members (excludes halogenated alkanes) is 42. The zero-order valence-electron chi connectivity index (χ0n) is 88.9. The average Bonchev–Trinajstić information content (AvgIpc) is 0.724. The summed E-state index contributed by atoms with van der Waals surface area (Å²) in [6, 6.07) is 12.3. The molecule has 0 bridgehead atoms. The zero-order valence-corrected chi connectivity index (χ0v) is 88.9. The van der Waals surface area contributed by atoms with E-state index < -0.39 is 0 Å². The van der Waals surface area contributed by atoms with E-state index in [4.69, 9.17) is 114 Å². The van der Waals surface area contributed by atoms with Crippen molar-refractivity contribution in [3.63, 3.8) is 0 Å². The monoisotopic (exact) mass is 1960 g/mol. The highest BCUT2D eigenvalue weighted by Gasteiger charge is 2.22. The third-order valence-electron chi connectivity index (χ3n) is 24.4. The molecular weight excluding hydrogens is 1750 g/mol. The van der Waals surface area contributed by atoms with Crippen LogP contribution < -0.4 is 28.4 Å². The molecule has 0 atom stereocenters. The molecule has 0 aliphatic carbocycles. The summed E-state index contributed by atoms with van der Waals surface area (Å²) >= 11 is 0. The summed E-state index contributed by atoms with van der Waals surface area (Å²) in [6.45, 7) is 32.6.